The monoisotopic (exact) mass is 640 g/mol. The van der Waals surface area contributed by atoms with Crippen LogP contribution in [0.5, 0.6) is 0 Å². The van der Waals surface area contributed by atoms with Gasteiger partial charge >= 0.3 is 11.9 Å². The van der Waals surface area contributed by atoms with Crippen molar-refractivity contribution in [3.05, 3.63) is 34.3 Å². The maximum absolute atomic E-state index is 13.0. The molecule has 2 fully saturated rings. The molecule has 0 aromatic heterocycles. The molecule has 11 heteroatoms. The first-order valence-corrected chi connectivity index (χ1v) is 16.4. The second-order valence-electron chi connectivity index (χ2n) is 10.7. The van der Waals surface area contributed by atoms with Crippen LogP contribution >= 0.6 is 27.7 Å². The SMILES string of the molecule is [NH3+]C(CCC(=O)NC(CSCc1ccc(Br)cc1)C(=O)NCC(=O)OC1CCCCC1)C(=O)OC1CCCCC1. The van der Waals surface area contributed by atoms with E-state index in [1.165, 1.54) is 18.2 Å². The molecule has 1 aromatic carbocycles. The van der Waals surface area contributed by atoms with Gasteiger partial charge in [-0.25, -0.2) is 4.79 Å². The number of hydrogen-bond donors (Lipinski definition) is 3. The Balaban J connectivity index is 1.47. The largest absolute Gasteiger partial charge is 0.461 e. The summed E-state index contributed by atoms with van der Waals surface area (Å²) in [5, 5.41) is 5.41. The number of benzene rings is 1. The van der Waals surface area contributed by atoms with Crippen LogP contribution in [0.2, 0.25) is 0 Å². The average molecular weight is 642 g/mol. The van der Waals surface area contributed by atoms with Crippen LogP contribution in [0.15, 0.2) is 28.7 Å². The number of quaternary nitrogens is 1. The number of halogens is 1. The predicted molar refractivity (Wildman–Crippen MR) is 157 cm³/mol. The van der Waals surface area contributed by atoms with Crippen molar-refractivity contribution in [2.45, 2.75) is 107 Å². The molecule has 0 heterocycles. The van der Waals surface area contributed by atoms with Crippen molar-refractivity contribution in [2.75, 3.05) is 12.3 Å². The summed E-state index contributed by atoms with van der Waals surface area (Å²) in [6.07, 6.45) is 10.1. The highest BCUT2D eigenvalue weighted by atomic mass is 79.9. The Morgan fingerprint density at radius 2 is 1.52 bits per heavy atom. The maximum atomic E-state index is 13.0. The highest BCUT2D eigenvalue weighted by Crippen LogP contribution is 2.22. The molecule has 5 N–H and O–H groups in total. The Morgan fingerprint density at radius 3 is 2.15 bits per heavy atom. The molecule has 0 radical (unpaired) electrons. The Hall–Kier alpha value is -2.11. The Kier molecular flexibility index (Phi) is 14.3. The standard InChI is InChI=1S/C29H42BrN3O6S/c30-21-13-11-20(12-14-21)18-40-19-25(28(36)32-17-27(35)38-22-7-3-1-4-8-22)33-26(34)16-15-24(31)29(37)39-23-9-5-2-6-10-23/h11-14,22-25H,1-10,15-19,31H2,(H,32,36)(H,33,34)/p+1. The molecular formula is C29H43BrN3O6S+. The molecule has 9 nitrogen and oxygen atoms in total. The number of amides is 2. The highest BCUT2D eigenvalue weighted by Gasteiger charge is 2.27. The van der Waals surface area contributed by atoms with Crippen molar-refractivity contribution >= 4 is 51.4 Å². The Labute approximate surface area is 249 Å². The number of nitrogens with one attached hydrogen (secondary N) is 2. The van der Waals surface area contributed by atoms with Crippen LogP contribution in [0.4, 0.5) is 0 Å². The lowest BCUT2D eigenvalue weighted by Crippen LogP contribution is -2.65. The van der Waals surface area contributed by atoms with Crippen LogP contribution in [0.3, 0.4) is 0 Å². The number of carbonyl (C=O) groups is 4. The number of hydrogen-bond acceptors (Lipinski definition) is 7. The number of rotatable bonds is 14. The first kappa shape index (κ1) is 32.4. The van der Waals surface area contributed by atoms with Gasteiger partial charge in [-0.15, -0.1) is 0 Å². The maximum Gasteiger partial charge on any atom is 0.365 e. The summed E-state index contributed by atoms with van der Waals surface area (Å²) >= 11 is 4.93. The normalized spacial score (nSPS) is 17.9. The van der Waals surface area contributed by atoms with Crippen molar-refractivity contribution in [3.8, 4) is 0 Å². The third-order valence-electron chi connectivity index (χ3n) is 7.26. The lowest BCUT2D eigenvalue weighted by atomic mass is 9.98. The van der Waals surface area contributed by atoms with Crippen LogP contribution in [-0.4, -0.2) is 60.3 Å². The third kappa shape index (κ3) is 12.2. The van der Waals surface area contributed by atoms with E-state index in [0.29, 0.717) is 11.5 Å². The number of thioether (sulfide) groups is 1. The summed E-state index contributed by atoms with van der Waals surface area (Å²) in [4.78, 5) is 50.5. The van der Waals surface area contributed by atoms with Crippen molar-refractivity contribution in [3.63, 3.8) is 0 Å². The fraction of sp³-hybridized carbons (Fsp3) is 0.655. The third-order valence-corrected chi connectivity index (χ3v) is 8.90. The van der Waals surface area contributed by atoms with E-state index in [1.807, 2.05) is 24.3 Å². The molecule has 0 spiro atoms. The van der Waals surface area contributed by atoms with E-state index in [4.69, 9.17) is 9.47 Å². The molecule has 2 atom stereocenters. The molecule has 2 saturated carbocycles. The van der Waals surface area contributed by atoms with E-state index in [1.54, 1.807) is 0 Å². The van der Waals surface area contributed by atoms with Crippen molar-refractivity contribution < 1.29 is 34.4 Å². The van der Waals surface area contributed by atoms with Gasteiger partial charge in [-0.3, -0.25) is 14.4 Å². The van der Waals surface area contributed by atoms with Crippen molar-refractivity contribution in [1.29, 1.82) is 0 Å². The Morgan fingerprint density at radius 1 is 0.925 bits per heavy atom. The summed E-state index contributed by atoms with van der Waals surface area (Å²) in [6.45, 7) is -0.243. The zero-order valence-electron chi connectivity index (χ0n) is 23.2. The molecule has 0 saturated heterocycles. The lowest BCUT2D eigenvalue weighted by molar-refractivity contribution is -0.410. The molecule has 0 aliphatic heterocycles. The molecule has 2 unspecified atom stereocenters. The van der Waals surface area contributed by atoms with Gasteiger partial charge in [0, 0.05) is 28.8 Å². The van der Waals surface area contributed by atoms with E-state index in [-0.39, 0.29) is 43.5 Å². The smallest absolute Gasteiger partial charge is 0.365 e. The van der Waals surface area contributed by atoms with Gasteiger partial charge in [0.1, 0.15) is 24.8 Å². The zero-order valence-corrected chi connectivity index (χ0v) is 25.6. The second-order valence-corrected chi connectivity index (χ2v) is 12.6. The predicted octanol–water partition coefficient (Wildman–Crippen LogP) is 3.43. The van der Waals surface area contributed by atoms with Crippen LogP contribution in [-0.2, 0) is 34.4 Å². The Bertz CT molecular complexity index is 967. The van der Waals surface area contributed by atoms with Gasteiger partial charge in [0.05, 0.1) is 0 Å². The van der Waals surface area contributed by atoms with Crippen molar-refractivity contribution in [1.82, 2.24) is 10.6 Å². The number of esters is 2. The second kappa shape index (κ2) is 17.6. The molecule has 2 amide bonds. The number of carbonyl (C=O) groups excluding carboxylic acids is 4. The summed E-state index contributed by atoms with van der Waals surface area (Å²) in [6, 6.07) is 6.40. The van der Waals surface area contributed by atoms with E-state index in [0.717, 1.165) is 67.8 Å². The molecule has 3 rings (SSSR count). The van der Waals surface area contributed by atoms with Gasteiger partial charge < -0.3 is 25.8 Å². The fourth-order valence-corrected chi connectivity index (χ4v) is 6.17. The van der Waals surface area contributed by atoms with Gasteiger partial charge in [0.15, 0.2) is 6.04 Å². The van der Waals surface area contributed by atoms with Gasteiger partial charge in [-0.05, 0) is 69.1 Å². The molecule has 222 valence electrons. The minimum absolute atomic E-state index is 0.0405. The highest BCUT2D eigenvalue weighted by molar-refractivity contribution is 9.10. The molecule has 0 bridgehead atoms. The topological polar surface area (TPSA) is 138 Å². The summed E-state index contributed by atoms with van der Waals surface area (Å²) < 4.78 is 12.0. The quantitative estimate of drug-likeness (QED) is 0.265. The molecule has 1 aromatic rings. The molecule has 2 aliphatic carbocycles. The molecule has 40 heavy (non-hydrogen) atoms. The fourth-order valence-electron chi connectivity index (χ4n) is 4.88. The summed E-state index contributed by atoms with van der Waals surface area (Å²) in [5.74, 6) is -0.666. The minimum atomic E-state index is -0.840. The molecular weight excluding hydrogens is 598 g/mol. The summed E-state index contributed by atoms with van der Waals surface area (Å²) in [5.41, 5.74) is 4.97. The van der Waals surface area contributed by atoms with E-state index in [2.05, 4.69) is 32.3 Å². The van der Waals surface area contributed by atoms with E-state index >= 15 is 0 Å². The van der Waals surface area contributed by atoms with Crippen LogP contribution in [0.25, 0.3) is 0 Å². The van der Waals surface area contributed by atoms with Crippen LogP contribution < -0.4 is 16.4 Å². The van der Waals surface area contributed by atoms with Crippen LogP contribution in [0, 0.1) is 0 Å². The van der Waals surface area contributed by atoms with Gasteiger partial charge in [-0.1, -0.05) is 40.9 Å². The first-order valence-electron chi connectivity index (χ1n) is 14.4. The van der Waals surface area contributed by atoms with E-state index < -0.39 is 24.0 Å². The van der Waals surface area contributed by atoms with Gasteiger partial charge in [0.2, 0.25) is 11.8 Å². The van der Waals surface area contributed by atoms with Crippen molar-refractivity contribution in [2.24, 2.45) is 0 Å². The van der Waals surface area contributed by atoms with Gasteiger partial charge in [-0.2, -0.15) is 11.8 Å². The lowest BCUT2D eigenvalue weighted by Gasteiger charge is -2.23. The zero-order chi connectivity index (χ0) is 28.7. The molecule has 2 aliphatic rings. The average Bonchev–Trinajstić information content (AvgIpc) is 2.96. The summed E-state index contributed by atoms with van der Waals surface area (Å²) in [7, 11) is 0. The minimum Gasteiger partial charge on any atom is -0.461 e. The van der Waals surface area contributed by atoms with Gasteiger partial charge in [0.25, 0.3) is 0 Å². The van der Waals surface area contributed by atoms with Crippen LogP contribution in [0.1, 0.15) is 82.6 Å². The number of ether oxygens (including phenoxy) is 2. The first-order chi connectivity index (χ1) is 19.3. The van der Waals surface area contributed by atoms with E-state index in [9.17, 15) is 19.2 Å².